The van der Waals surface area contributed by atoms with Crippen LogP contribution in [-0.4, -0.2) is 56.4 Å². The summed E-state index contributed by atoms with van der Waals surface area (Å²) in [6, 6.07) is 10.6. The molecule has 0 bridgehead atoms. The van der Waals surface area contributed by atoms with E-state index in [9.17, 15) is 4.39 Å². The van der Waals surface area contributed by atoms with Gasteiger partial charge in [0.2, 0.25) is 0 Å². The van der Waals surface area contributed by atoms with Crippen LogP contribution in [0.15, 0.2) is 67.4 Å². The highest BCUT2D eigenvalue weighted by Gasteiger charge is 2.18. The molecule has 0 radical (unpaired) electrons. The molecule has 6 heterocycles. The van der Waals surface area contributed by atoms with Gasteiger partial charge in [-0.1, -0.05) is 0 Å². The number of aromatic nitrogens is 6. The molecule has 1 saturated heterocycles. The van der Waals surface area contributed by atoms with Crippen LogP contribution in [0.2, 0.25) is 0 Å². The number of benzene rings is 1. The number of hydrogen-bond donors (Lipinski definition) is 3. The number of fused-ring (bicyclic) bond motifs is 2. The van der Waals surface area contributed by atoms with E-state index < -0.39 is 0 Å². The second-order valence-corrected chi connectivity index (χ2v) is 9.87. The molecule has 200 valence electrons. The van der Waals surface area contributed by atoms with Crippen LogP contribution in [-0.2, 0) is 0 Å². The number of halogens is 1. The number of methoxy groups -OCH3 is 1. The van der Waals surface area contributed by atoms with Crippen molar-refractivity contribution in [1.29, 1.82) is 0 Å². The quantitative estimate of drug-likeness (QED) is 0.258. The van der Waals surface area contributed by atoms with Crippen LogP contribution in [0.4, 0.5) is 4.39 Å². The largest absolute Gasteiger partial charge is 0.497 e. The number of piperidine rings is 1. The molecular weight excluding hydrogens is 509 g/mol. The zero-order valence-electron chi connectivity index (χ0n) is 21.7. The van der Waals surface area contributed by atoms with E-state index in [4.69, 9.17) is 9.47 Å². The maximum absolute atomic E-state index is 14.3. The number of H-pyrrole nitrogens is 2. The number of ether oxygens (including phenoxy) is 2. The Morgan fingerprint density at radius 3 is 2.55 bits per heavy atom. The molecule has 1 aliphatic heterocycles. The topological polar surface area (TPSA) is 114 Å². The second kappa shape index (κ2) is 10.0. The van der Waals surface area contributed by atoms with Crippen molar-refractivity contribution in [1.82, 2.24) is 35.5 Å². The maximum Gasteiger partial charge on any atom is 0.138 e. The van der Waals surface area contributed by atoms with Crippen molar-refractivity contribution in [2.24, 2.45) is 0 Å². The van der Waals surface area contributed by atoms with Crippen molar-refractivity contribution < 1.29 is 13.9 Å². The summed E-state index contributed by atoms with van der Waals surface area (Å²) in [7, 11) is 1.52. The Hall–Kier alpha value is -4.83. The van der Waals surface area contributed by atoms with Crippen LogP contribution in [0.5, 0.6) is 11.5 Å². The van der Waals surface area contributed by atoms with Crippen molar-refractivity contribution in [2.45, 2.75) is 18.9 Å². The number of rotatable bonds is 6. The molecule has 9 nitrogen and oxygen atoms in total. The van der Waals surface area contributed by atoms with Gasteiger partial charge in [-0.05, 0) is 61.8 Å². The molecule has 0 spiro atoms. The predicted octanol–water partition coefficient (Wildman–Crippen LogP) is 5.51. The molecule has 1 aliphatic rings. The standard InChI is InChI=1S/C30H26FN7O2/c1-39-21-7-17(6-19(31)9-21)25-14-34-15-28-23(25)10-27(36-28)30-24-11-26(35-16-29(24)37-38-30)18-8-22(13-33-12-18)40-20-2-4-32-5-3-20/h6-16,20,32,36H,2-5H2,1H3,(H,37,38). The molecule has 0 atom stereocenters. The molecule has 0 unspecified atom stereocenters. The summed E-state index contributed by atoms with van der Waals surface area (Å²) in [5.74, 6) is 0.810. The maximum atomic E-state index is 14.3. The fourth-order valence-corrected chi connectivity index (χ4v) is 5.25. The normalized spacial score (nSPS) is 14.2. The number of aromatic amines is 2. The zero-order valence-corrected chi connectivity index (χ0v) is 21.7. The third-order valence-electron chi connectivity index (χ3n) is 7.26. The summed E-state index contributed by atoms with van der Waals surface area (Å²) in [5.41, 5.74) is 6.26. The van der Waals surface area contributed by atoms with Crippen LogP contribution < -0.4 is 14.8 Å². The average Bonchev–Trinajstić information content (AvgIpc) is 3.61. The molecule has 0 aliphatic carbocycles. The number of hydrogen-bond acceptors (Lipinski definition) is 7. The Morgan fingerprint density at radius 1 is 0.825 bits per heavy atom. The highest BCUT2D eigenvalue weighted by Crippen LogP contribution is 2.35. The molecule has 3 N–H and O–H groups in total. The monoisotopic (exact) mass is 535 g/mol. The van der Waals surface area contributed by atoms with Crippen molar-refractivity contribution in [3.05, 3.63) is 73.2 Å². The molecule has 1 aromatic carbocycles. The molecule has 6 aromatic rings. The minimum absolute atomic E-state index is 0.184. The fourth-order valence-electron chi connectivity index (χ4n) is 5.25. The fraction of sp³-hybridized carbons (Fsp3) is 0.200. The minimum atomic E-state index is -0.375. The number of pyridine rings is 3. The van der Waals surface area contributed by atoms with Crippen LogP contribution in [0.1, 0.15) is 12.8 Å². The zero-order chi connectivity index (χ0) is 27.1. The summed E-state index contributed by atoms with van der Waals surface area (Å²) < 4.78 is 25.7. The lowest BCUT2D eigenvalue weighted by molar-refractivity contribution is 0.162. The highest BCUT2D eigenvalue weighted by molar-refractivity contribution is 6.01. The van der Waals surface area contributed by atoms with Gasteiger partial charge in [0, 0.05) is 40.4 Å². The molecule has 1 fully saturated rings. The third-order valence-corrected chi connectivity index (χ3v) is 7.26. The summed E-state index contributed by atoms with van der Waals surface area (Å²) in [6.07, 6.45) is 10.9. The smallest absolute Gasteiger partial charge is 0.138 e. The van der Waals surface area contributed by atoms with E-state index in [-0.39, 0.29) is 11.9 Å². The number of nitrogens with one attached hydrogen (secondary N) is 3. The first-order chi connectivity index (χ1) is 19.6. The third kappa shape index (κ3) is 4.52. The van der Waals surface area contributed by atoms with Gasteiger partial charge in [0.25, 0.3) is 0 Å². The van der Waals surface area contributed by atoms with E-state index >= 15 is 0 Å². The van der Waals surface area contributed by atoms with Crippen LogP contribution >= 0.6 is 0 Å². The van der Waals surface area contributed by atoms with Gasteiger partial charge >= 0.3 is 0 Å². The minimum Gasteiger partial charge on any atom is -0.497 e. The highest BCUT2D eigenvalue weighted by atomic mass is 19.1. The molecular formula is C30H26FN7O2. The van der Waals surface area contributed by atoms with E-state index in [0.29, 0.717) is 11.3 Å². The lowest BCUT2D eigenvalue weighted by Crippen LogP contribution is -2.34. The lowest BCUT2D eigenvalue weighted by Gasteiger charge is -2.23. The Kier molecular flexibility index (Phi) is 6.09. The predicted molar refractivity (Wildman–Crippen MR) is 151 cm³/mol. The first-order valence-corrected chi connectivity index (χ1v) is 13.1. The van der Waals surface area contributed by atoms with Gasteiger partial charge in [0.15, 0.2) is 0 Å². The molecule has 40 heavy (non-hydrogen) atoms. The van der Waals surface area contributed by atoms with Gasteiger partial charge in [0.05, 0.1) is 48.1 Å². The molecule has 0 amide bonds. The summed E-state index contributed by atoms with van der Waals surface area (Å²) >= 11 is 0. The molecule has 5 aromatic heterocycles. The average molecular weight is 536 g/mol. The van der Waals surface area contributed by atoms with Crippen LogP contribution in [0, 0.1) is 5.82 Å². The lowest BCUT2D eigenvalue weighted by atomic mass is 10.0. The van der Waals surface area contributed by atoms with Crippen molar-refractivity contribution in [3.63, 3.8) is 0 Å². The first-order valence-electron chi connectivity index (χ1n) is 13.1. The van der Waals surface area contributed by atoms with Gasteiger partial charge in [-0.25, -0.2) is 4.39 Å². The van der Waals surface area contributed by atoms with E-state index in [1.807, 2.05) is 18.2 Å². The summed E-state index contributed by atoms with van der Waals surface area (Å²) in [5, 5.41) is 12.8. The van der Waals surface area contributed by atoms with E-state index in [1.54, 1.807) is 37.1 Å². The van der Waals surface area contributed by atoms with Gasteiger partial charge in [0.1, 0.15) is 29.1 Å². The van der Waals surface area contributed by atoms with Crippen LogP contribution in [0.25, 0.3) is 55.6 Å². The van der Waals surface area contributed by atoms with E-state index in [0.717, 1.165) is 81.7 Å². The first kappa shape index (κ1) is 24.2. The molecule has 10 heteroatoms. The van der Waals surface area contributed by atoms with E-state index in [1.165, 1.54) is 19.2 Å². The summed E-state index contributed by atoms with van der Waals surface area (Å²) in [6.45, 7) is 1.92. The second-order valence-electron chi connectivity index (χ2n) is 9.87. The number of nitrogens with zero attached hydrogens (tertiary/aromatic N) is 4. The molecule has 0 saturated carbocycles. The summed E-state index contributed by atoms with van der Waals surface area (Å²) in [4.78, 5) is 16.9. The van der Waals surface area contributed by atoms with Gasteiger partial charge in [-0.2, -0.15) is 5.10 Å². The van der Waals surface area contributed by atoms with Crippen molar-refractivity contribution in [3.8, 4) is 45.3 Å². The van der Waals surface area contributed by atoms with Gasteiger partial charge in [-0.3, -0.25) is 20.1 Å². The van der Waals surface area contributed by atoms with Crippen molar-refractivity contribution >= 4 is 21.8 Å². The van der Waals surface area contributed by atoms with E-state index in [2.05, 4.69) is 35.5 Å². The van der Waals surface area contributed by atoms with Crippen LogP contribution in [0.3, 0.4) is 0 Å². The van der Waals surface area contributed by atoms with Gasteiger partial charge in [-0.15, -0.1) is 0 Å². The Balaban J connectivity index is 1.26. The Morgan fingerprint density at radius 2 is 1.68 bits per heavy atom. The SMILES string of the molecule is COc1cc(F)cc(-c2cncc3[nH]c(-c4n[nH]c5cnc(-c6cncc(OC7CCNCC7)c6)cc45)cc23)c1. The molecule has 7 rings (SSSR count). The van der Waals surface area contributed by atoms with Crippen molar-refractivity contribution in [2.75, 3.05) is 20.2 Å². The Bertz CT molecular complexity index is 1840. The Labute approximate surface area is 228 Å². The van der Waals surface area contributed by atoms with Gasteiger partial charge < -0.3 is 19.8 Å².